The van der Waals surface area contributed by atoms with Crippen molar-refractivity contribution < 1.29 is 26.0 Å². The Morgan fingerprint density at radius 3 is 2.46 bits per heavy atom. The van der Waals surface area contributed by atoms with Crippen LogP contribution in [0.5, 0.6) is 0 Å². The van der Waals surface area contributed by atoms with Crippen molar-refractivity contribution in [1.82, 2.24) is 24.2 Å². The van der Waals surface area contributed by atoms with Crippen molar-refractivity contribution in [2.45, 2.75) is 30.5 Å². The number of pyridine rings is 1. The van der Waals surface area contributed by atoms with E-state index in [0.717, 1.165) is 12.3 Å². The summed E-state index contributed by atoms with van der Waals surface area (Å²) in [6, 6.07) is 6.50. The minimum absolute atomic E-state index is 0.271. The fourth-order valence-corrected chi connectivity index (χ4v) is 4.63. The molecule has 0 aliphatic rings. The molecule has 1 N–H and O–H groups in total. The summed E-state index contributed by atoms with van der Waals surface area (Å²) in [5.41, 5.74) is 1.71. The normalized spacial score (nSPS) is 13.2. The zero-order chi connectivity index (χ0) is 25.4. The number of alkyl halides is 3. The summed E-state index contributed by atoms with van der Waals surface area (Å²) in [7, 11) is -4.47. The number of hydrogen-bond acceptors (Lipinski definition) is 5. The minimum atomic E-state index is -4.74. The van der Waals surface area contributed by atoms with Crippen molar-refractivity contribution in [3.8, 4) is 17.3 Å². The number of hydrogen-bond donors (Lipinski definition) is 1. The summed E-state index contributed by atoms with van der Waals surface area (Å²) in [5, 5.41) is 0.525. The van der Waals surface area contributed by atoms with Crippen molar-refractivity contribution in [3.05, 3.63) is 79.0 Å². The molecular formula is C23H19F4N5O2S. The molecule has 0 aliphatic heterocycles. The number of sulfonamides is 1. The molecule has 1 unspecified atom stereocenters. The molecule has 0 spiro atoms. The Balaban J connectivity index is 1.82. The average Bonchev–Trinajstić information content (AvgIpc) is 3.17. The summed E-state index contributed by atoms with van der Waals surface area (Å²) in [6.07, 6.45) is 1.15. The van der Waals surface area contributed by atoms with E-state index in [0.29, 0.717) is 35.5 Å². The highest BCUT2D eigenvalue weighted by atomic mass is 32.2. The van der Waals surface area contributed by atoms with Gasteiger partial charge in [0.2, 0.25) is 16.0 Å². The standard InChI is InChI=1S/C23H19F4N5O2S/c1-3-5-15-11-20-16(10-18(15)24)12-21(32(20)22-28-8-4-9-29-22)19-7-6-17(13-30-19)35(33,34)31-14(2)23(25,26)27/h3-4,6-14,31H,1,5H2,2H3. The van der Waals surface area contributed by atoms with Crippen molar-refractivity contribution >= 4 is 20.9 Å². The Labute approximate surface area is 198 Å². The second-order valence-corrected chi connectivity index (χ2v) is 9.39. The van der Waals surface area contributed by atoms with Gasteiger partial charge in [-0.2, -0.15) is 17.9 Å². The molecule has 7 nitrogen and oxygen atoms in total. The number of benzene rings is 1. The van der Waals surface area contributed by atoms with Crippen LogP contribution < -0.4 is 4.72 Å². The molecule has 35 heavy (non-hydrogen) atoms. The number of rotatable bonds is 7. The van der Waals surface area contributed by atoms with Gasteiger partial charge in [-0.1, -0.05) is 6.08 Å². The average molecular weight is 505 g/mol. The first-order valence-electron chi connectivity index (χ1n) is 10.3. The molecule has 3 heterocycles. The smallest absolute Gasteiger partial charge is 0.276 e. The van der Waals surface area contributed by atoms with Crippen LogP contribution >= 0.6 is 0 Å². The van der Waals surface area contributed by atoms with E-state index in [4.69, 9.17) is 0 Å². The Bertz CT molecular complexity index is 1480. The zero-order valence-electron chi connectivity index (χ0n) is 18.3. The predicted octanol–water partition coefficient (Wildman–Crippen LogP) is 4.58. The number of allylic oxidation sites excluding steroid dienone is 1. The summed E-state index contributed by atoms with van der Waals surface area (Å²) in [6.45, 7) is 4.35. The summed E-state index contributed by atoms with van der Waals surface area (Å²) in [5.74, 6) is -0.151. The van der Waals surface area contributed by atoms with E-state index in [9.17, 15) is 26.0 Å². The molecule has 0 aliphatic carbocycles. The fourth-order valence-electron chi connectivity index (χ4n) is 3.45. The van der Waals surface area contributed by atoms with Crippen molar-refractivity contribution in [1.29, 1.82) is 0 Å². The second kappa shape index (κ2) is 9.19. The van der Waals surface area contributed by atoms with Crippen LogP contribution in [0.2, 0.25) is 0 Å². The van der Waals surface area contributed by atoms with E-state index in [1.165, 1.54) is 24.5 Å². The molecule has 0 fully saturated rings. The van der Waals surface area contributed by atoms with Gasteiger partial charge in [0.1, 0.15) is 16.8 Å². The van der Waals surface area contributed by atoms with Crippen molar-refractivity contribution in [2.75, 3.05) is 0 Å². The highest BCUT2D eigenvalue weighted by Crippen LogP contribution is 2.32. The Hall–Kier alpha value is -3.64. The van der Waals surface area contributed by atoms with E-state index in [2.05, 4.69) is 21.5 Å². The van der Waals surface area contributed by atoms with Gasteiger partial charge in [0.15, 0.2) is 0 Å². The monoisotopic (exact) mass is 505 g/mol. The Morgan fingerprint density at radius 2 is 1.86 bits per heavy atom. The van der Waals surface area contributed by atoms with Gasteiger partial charge < -0.3 is 0 Å². The van der Waals surface area contributed by atoms with Gasteiger partial charge >= 0.3 is 6.18 Å². The van der Waals surface area contributed by atoms with Crippen molar-refractivity contribution in [3.63, 3.8) is 0 Å². The maximum absolute atomic E-state index is 14.6. The molecule has 4 rings (SSSR count). The fraction of sp³-hybridized carbons (Fsp3) is 0.174. The third-order valence-electron chi connectivity index (χ3n) is 5.22. The van der Waals surface area contributed by atoms with Gasteiger partial charge in [-0.15, -0.1) is 6.58 Å². The van der Waals surface area contributed by atoms with E-state index in [1.807, 2.05) is 0 Å². The van der Waals surface area contributed by atoms with Crippen LogP contribution in [0.25, 0.3) is 28.2 Å². The molecule has 1 atom stereocenters. The van der Waals surface area contributed by atoms with Crippen molar-refractivity contribution in [2.24, 2.45) is 0 Å². The number of aromatic nitrogens is 4. The van der Waals surface area contributed by atoms with E-state index >= 15 is 0 Å². The van der Waals surface area contributed by atoms with Gasteiger partial charge in [-0.25, -0.2) is 22.8 Å². The first-order valence-corrected chi connectivity index (χ1v) is 11.8. The molecule has 0 saturated carbocycles. The lowest BCUT2D eigenvalue weighted by atomic mass is 10.1. The number of fused-ring (bicyclic) bond motifs is 1. The molecule has 0 radical (unpaired) electrons. The predicted molar refractivity (Wildman–Crippen MR) is 122 cm³/mol. The van der Waals surface area contributed by atoms with Crippen LogP contribution in [0.15, 0.2) is 72.5 Å². The Kier molecular flexibility index (Phi) is 6.43. The quantitative estimate of drug-likeness (QED) is 0.293. The molecule has 0 saturated heterocycles. The summed E-state index contributed by atoms with van der Waals surface area (Å²) >= 11 is 0. The molecule has 3 aromatic heterocycles. The maximum atomic E-state index is 14.6. The molecule has 12 heteroatoms. The van der Waals surface area contributed by atoms with Crippen LogP contribution in [-0.4, -0.2) is 40.2 Å². The summed E-state index contributed by atoms with van der Waals surface area (Å²) < 4.78 is 81.0. The second-order valence-electron chi connectivity index (χ2n) is 7.67. The molecule has 1 aromatic carbocycles. The molecule has 0 amide bonds. The van der Waals surface area contributed by atoms with Gasteiger partial charge in [0, 0.05) is 24.0 Å². The largest absolute Gasteiger partial charge is 0.404 e. The van der Waals surface area contributed by atoms with Crippen LogP contribution in [0.1, 0.15) is 12.5 Å². The highest BCUT2D eigenvalue weighted by Gasteiger charge is 2.39. The Morgan fingerprint density at radius 1 is 1.14 bits per heavy atom. The molecule has 0 bridgehead atoms. The lowest BCUT2D eigenvalue weighted by molar-refractivity contribution is -0.147. The first-order chi connectivity index (χ1) is 16.5. The molecule has 4 aromatic rings. The lowest BCUT2D eigenvalue weighted by Gasteiger charge is -2.17. The van der Waals surface area contributed by atoms with Crippen LogP contribution in [-0.2, 0) is 16.4 Å². The zero-order valence-corrected chi connectivity index (χ0v) is 19.1. The lowest BCUT2D eigenvalue weighted by Crippen LogP contribution is -2.42. The van der Waals surface area contributed by atoms with E-state index in [-0.39, 0.29) is 11.6 Å². The highest BCUT2D eigenvalue weighted by molar-refractivity contribution is 7.89. The van der Waals surface area contributed by atoms with Crippen LogP contribution in [0.4, 0.5) is 17.6 Å². The van der Waals surface area contributed by atoms with E-state index < -0.39 is 33.0 Å². The first kappa shape index (κ1) is 24.5. The summed E-state index contributed by atoms with van der Waals surface area (Å²) in [4.78, 5) is 12.3. The van der Waals surface area contributed by atoms with Gasteiger partial charge in [-0.3, -0.25) is 9.55 Å². The third-order valence-corrected chi connectivity index (χ3v) is 6.74. The third kappa shape index (κ3) is 4.93. The number of nitrogens with one attached hydrogen (secondary N) is 1. The minimum Gasteiger partial charge on any atom is -0.276 e. The molecule has 182 valence electrons. The SMILES string of the molecule is C=CCc1cc2c(cc1F)cc(-c1ccc(S(=O)(=O)NC(C)C(F)(F)F)cn1)n2-c1ncccn1. The van der Waals surface area contributed by atoms with Gasteiger partial charge in [0.05, 0.1) is 16.9 Å². The topological polar surface area (TPSA) is 89.8 Å². The van der Waals surface area contributed by atoms with E-state index in [1.54, 1.807) is 33.6 Å². The number of nitrogens with zero attached hydrogens (tertiary/aromatic N) is 4. The maximum Gasteiger partial charge on any atom is 0.404 e. The number of halogens is 4. The van der Waals surface area contributed by atoms with Gasteiger partial charge in [0.25, 0.3) is 0 Å². The molecular weight excluding hydrogens is 486 g/mol. The van der Waals surface area contributed by atoms with Crippen LogP contribution in [0.3, 0.4) is 0 Å². The van der Waals surface area contributed by atoms with Gasteiger partial charge in [-0.05, 0) is 55.3 Å². The van der Waals surface area contributed by atoms with Crippen LogP contribution in [0, 0.1) is 5.82 Å².